The van der Waals surface area contributed by atoms with E-state index in [1.165, 1.54) is 16.0 Å². The van der Waals surface area contributed by atoms with Crippen LogP contribution in [0.1, 0.15) is 56.7 Å². The third-order valence-electron chi connectivity index (χ3n) is 6.03. The fraction of sp³-hybridized carbons (Fsp3) is 0.400. The third kappa shape index (κ3) is 3.98. The molecule has 0 bridgehead atoms. The lowest BCUT2D eigenvalue weighted by Crippen LogP contribution is -2.24. The van der Waals surface area contributed by atoms with Gasteiger partial charge in [-0.15, -0.1) is 11.3 Å². The van der Waals surface area contributed by atoms with Crippen LogP contribution in [-0.4, -0.2) is 25.9 Å². The highest BCUT2D eigenvalue weighted by Crippen LogP contribution is 2.32. The molecule has 0 fully saturated rings. The van der Waals surface area contributed by atoms with Gasteiger partial charge in [-0.05, 0) is 61.6 Å². The van der Waals surface area contributed by atoms with Gasteiger partial charge in [-0.1, -0.05) is 26.8 Å². The Bertz CT molecular complexity index is 1390. The van der Waals surface area contributed by atoms with E-state index in [1.54, 1.807) is 22.2 Å². The largest absolute Gasteiger partial charge is 0.324 e. The van der Waals surface area contributed by atoms with Crippen LogP contribution in [0.4, 0.5) is 11.6 Å². The normalized spacial score (nSPS) is 14.1. The second-order valence-electron chi connectivity index (χ2n) is 9.94. The van der Waals surface area contributed by atoms with Gasteiger partial charge in [0.25, 0.3) is 5.56 Å². The van der Waals surface area contributed by atoms with Crippen LogP contribution in [0.2, 0.25) is 0 Å². The minimum absolute atomic E-state index is 0.0192. The van der Waals surface area contributed by atoms with Crippen molar-refractivity contribution in [2.24, 2.45) is 0 Å². The highest BCUT2D eigenvalue weighted by molar-refractivity contribution is 7.10. The molecule has 0 aliphatic carbocycles. The van der Waals surface area contributed by atoms with E-state index >= 15 is 0 Å². The van der Waals surface area contributed by atoms with Crippen molar-refractivity contribution in [1.29, 1.82) is 0 Å². The molecule has 4 aromatic rings. The number of nitrogens with one attached hydrogen (secondary N) is 2. The van der Waals surface area contributed by atoms with Gasteiger partial charge in [-0.25, -0.2) is 14.3 Å². The fourth-order valence-corrected chi connectivity index (χ4v) is 5.25. The van der Waals surface area contributed by atoms with Crippen molar-refractivity contribution in [3.8, 4) is 5.69 Å². The molecule has 172 valence electrons. The van der Waals surface area contributed by atoms with E-state index in [4.69, 9.17) is 4.98 Å². The maximum absolute atomic E-state index is 13.2. The second kappa shape index (κ2) is 8.11. The van der Waals surface area contributed by atoms with Crippen molar-refractivity contribution in [2.45, 2.75) is 59.0 Å². The number of hydrogen-bond donors (Lipinski definition) is 2. The van der Waals surface area contributed by atoms with Crippen molar-refractivity contribution >= 4 is 34.0 Å². The van der Waals surface area contributed by atoms with Gasteiger partial charge < -0.3 is 10.6 Å². The molecule has 4 heterocycles. The summed E-state index contributed by atoms with van der Waals surface area (Å²) in [4.78, 5) is 23.8. The summed E-state index contributed by atoms with van der Waals surface area (Å²) in [5, 5.41) is 9.38. The predicted molar refractivity (Wildman–Crippen MR) is 135 cm³/mol. The summed E-state index contributed by atoms with van der Waals surface area (Å²) in [5.74, 6) is 0.479. The molecule has 0 amide bonds. The van der Waals surface area contributed by atoms with Crippen LogP contribution in [0.5, 0.6) is 0 Å². The van der Waals surface area contributed by atoms with Crippen LogP contribution in [0, 0.1) is 0 Å². The van der Waals surface area contributed by atoms with Gasteiger partial charge in [0, 0.05) is 34.7 Å². The molecule has 0 unspecified atom stereocenters. The first kappa shape index (κ1) is 21.9. The zero-order valence-corrected chi connectivity index (χ0v) is 20.6. The van der Waals surface area contributed by atoms with Gasteiger partial charge in [0.2, 0.25) is 5.95 Å². The number of thiophene rings is 1. The molecular weight excluding hydrogens is 432 g/mol. The number of aromatic nitrogens is 4. The molecule has 8 heteroatoms. The SMILES string of the molecule is CC(C)n1c(=O)c2cnc(Nc3ccc4c(c3)CNCC4)nc2n1-c1csc(C(C)(C)C)c1. The first-order valence-corrected chi connectivity index (χ1v) is 12.3. The van der Waals surface area contributed by atoms with Crippen LogP contribution in [-0.2, 0) is 18.4 Å². The third-order valence-corrected chi connectivity index (χ3v) is 7.37. The quantitative estimate of drug-likeness (QED) is 0.451. The summed E-state index contributed by atoms with van der Waals surface area (Å²) >= 11 is 1.71. The van der Waals surface area contributed by atoms with Gasteiger partial charge in [-0.3, -0.25) is 4.79 Å². The zero-order valence-electron chi connectivity index (χ0n) is 19.8. The lowest BCUT2D eigenvalue weighted by molar-refractivity contribution is 0.476. The van der Waals surface area contributed by atoms with Crippen LogP contribution in [0.25, 0.3) is 16.7 Å². The lowest BCUT2D eigenvalue weighted by Gasteiger charge is -2.18. The highest BCUT2D eigenvalue weighted by Gasteiger charge is 2.22. The average molecular weight is 463 g/mol. The van der Waals surface area contributed by atoms with Gasteiger partial charge in [0.1, 0.15) is 5.39 Å². The first-order valence-electron chi connectivity index (χ1n) is 11.4. The van der Waals surface area contributed by atoms with E-state index in [9.17, 15) is 4.79 Å². The van der Waals surface area contributed by atoms with Crippen molar-refractivity contribution in [1.82, 2.24) is 24.6 Å². The molecule has 2 N–H and O–H groups in total. The first-order chi connectivity index (χ1) is 15.7. The Morgan fingerprint density at radius 3 is 2.73 bits per heavy atom. The Morgan fingerprint density at radius 2 is 2.00 bits per heavy atom. The van der Waals surface area contributed by atoms with Crippen molar-refractivity contribution in [2.75, 3.05) is 11.9 Å². The summed E-state index contributed by atoms with van der Waals surface area (Å²) in [7, 11) is 0. The number of anilines is 2. The Kier molecular flexibility index (Phi) is 5.37. The molecule has 33 heavy (non-hydrogen) atoms. The average Bonchev–Trinajstić information content (AvgIpc) is 3.37. The minimum Gasteiger partial charge on any atom is -0.324 e. The topological polar surface area (TPSA) is 76.8 Å². The number of fused-ring (bicyclic) bond motifs is 2. The van der Waals surface area contributed by atoms with E-state index in [-0.39, 0.29) is 17.0 Å². The Balaban J connectivity index is 1.61. The van der Waals surface area contributed by atoms with Gasteiger partial charge in [-0.2, -0.15) is 4.98 Å². The van der Waals surface area contributed by atoms with E-state index in [0.29, 0.717) is 17.0 Å². The summed E-state index contributed by atoms with van der Waals surface area (Å²) in [5.41, 5.74) is 5.15. The van der Waals surface area contributed by atoms with Crippen LogP contribution in [0.3, 0.4) is 0 Å². The summed E-state index contributed by atoms with van der Waals surface area (Å²) in [6.45, 7) is 12.5. The van der Waals surface area contributed by atoms with Crippen molar-refractivity contribution in [3.05, 3.63) is 62.2 Å². The molecule has 0 saturated carbocycles. The van der Waals surface area contributed by atoms with Gasteiger partial charge in [0.05, 0.1) is 5.69 Å². The second-order valence-corrected chi connectivity index (χ2v) is 10.9. The summed E-state index contributed by atoms with van der Waals surface area (Å²) in [6, 6.07) is 8.53. The smallest absolute Gasteiger partial charge is 0.278 e. The standard InChI is InChI=1S/C25H30N6OS/c1-15(2)30-23(32)20-13-27-24(28-18-7-6-16-8-9-26-12-17(16)10-18)29-22(20)31(30)19-11-21(33-14-19)25(3,4)5/h6-7,10-11,13-15,26H,8-9,12H2,1-5H3,(H,27,28,29). The highest BCUT2D eigenvalue weighted by atomic mass is 32.1. The van der Waals surface area contributed by atoms with Crippen LogP contribution in [0.15, 0.2) is 40.6 Å². The number of nitrogens with zero attached hydrogens (tertiary/aromatic N) is 4. The fourth-order valence-electron chi connectivity index (χ4n) is 4.29. The number of rotatable bonds is 4. The van der Waals surface area contributed by atoms with Crippen LogP contribution < -0.4 is 16.2 Å². The lowest BCUT2D eigenvalue weighted by atomic mass is 9.95. The summed E-state index contributed by atoms with van der Waals surface area (Å²) < 4.78 is 3.71. The Morgan fingerprint density at radius 1 is 1.18 bits per heavy atom. The van der Waals surface area contributed by atoms with Gasteiger partial charge >= 0.3 is 0 Å². The zero-order chi connectivity index (χ0) is 23.3. The molecule has 7 nitrogen and oxygen atoms in total. The van der Waals surface area contributed by atoms with Crippen molar-refractivity contribution < 1.29 is 0 Å². The molecule has 1 aliphatic rings. The summed E-state index contributed by atoms with van der Waals surface area (Å²) in [6.07, 6.45) is 2.68. The maximum Gasteiger partial charge on any atom is 0.278 e. The van der Waals surface area contributed by atoms with E-state index in [0.717, 1.165) is 30.9 Å². The Labute approximate surface area is 197 Å². The molecule has 1 aliphatic heterocycles. The molecule has 0 atom stereocenters. The monoisotopic (exact) mass is 462 g/mol. The molecular formula is C25H30N6OS. The van der Waals surface area contributed by atoms with Crippen molar-refractivity contribution in [3.63, 3.8) is 0 Å². The van der Waals surface area contributed by atoms with E-state index in [1.807, 2.05) is 18.5 Å². The molecule has 0 spiro atoms. The molecule has 0 radical (unpaired) electrons. The van der Waals surface area contributed by atoms with E-state index < -0.39 is 0 Å². The molecule has 3 aromatic heterocycles. The van der Waals surface area contributed by atoms with Crippen LogP contribution >= 0.6 is 11.3 Å². The number of benzene rings is 1. The molecule has 0 saturated heterocycles. The maximum atomic E-state index is 13.2. The molecule has 1 aromatic carbocycles. The minimum atomic E-state index is -0.0742. The molecule has 5 rings (SSSR count). The number of hydrogen-bond acceptors (Lipinski definition) is 6. The van der Waals surface area contributed by atoms with E-state index in [2.05, 4.69) is 66.0 Å². The van der Waals surface area contributed by atoms with Gasteiger partial charge in [0.15, 0.2) is 5.65 Å². The predicted octanol–water partition coefficient (Wildman–Crippen LogP) is 4.91. The Hall–Kier alpha value is -2.97.